The molecule has 5 atom stereocenters. The third-order valence-electron chi connectivity index (χ3n) is 5.78. The van der Waals surface area contributed by atoms with Crippen LogP contribution < -0.4 is 33.2 Å². The minimum atomic E-state index is -1.20. The maximum Gasteiger partial charge on any atom is 0.326 e. The van der Waals surface area contributed by atoms with Crippen LogP contribution in [-0.4, -0.2) is 70.6 Å². The van der Waals surface area contributed by atoms with Gasteiger partial charge < -0.3 is 43.4 Å². The van der Waals surface area contributed by atoms with Crippen LogP contribution in [0.25, 0.3) is 0 Å². The lowest BCUT2D eigenvalue weighted by molar-refractivity contribution is -0.143. The zero-order valence-corrected chi connectivity index (χ0v) is 21.4. The van der Waals surface area contributed by atoms with Crippen molar-refractivity contribution in [1.82, 2.24) is 16.0 Å². The van der Waals surface area contributed by atoms with Gasteiger partial charge in [0.1, 0.15) is 23.9 Å². The second-order valence-corrected chi connectivity index (χ2v) is 8.94. The molecule has 0 aromatic heterocycles. The second kappa shape index (κ2) is 15.3. The van der Waals surface area contributed by atoms with Crippen LogP contribution >= 0.6 is 0 Å². The maximum atomic E-state index is 13.2. The summed E-state index contributed by atoms with van der Waals surface area (Å²) in [6, 6.07) is 1.76. The lowest BCUT2D eigenvalue weighted by atomic mass is 9.98. The Morgan fingerprint density at radius 2 is 1.51 bits per heavy atom. The fourth-order valence-electron chi connectivity index (χ4n) is 3.36. The average molecular weight is 522 g/mol. The van der Waals surface area contributed by atoms with Crippen molar-refractivity contribution in [3.63, 3.8) is 0 Å². The normalized spacial score (nSPS) is 14.8. The molecule has 0 radical (unpaired) electrons. The number of guanidine groups is 1. The smallest absolute Gasteiger partial charge is 0.326 e. The van der Waals surface area contributed by atoms with E-state index in [-0.39, 0.29) is 37.0 Å². The van der Waals surface area contributed by atoms with E-state index in [1.165, 1.54) is 19.1 Å². The van der Waals surface area contributed by atoms with Crippen molar-refractivity contribution in [2.75, 3.05) is 6.54 Å². The Balaban J connectivity index is 3.17. The van der Waals surface area contributed by atoms with Gasteiger partial charge in [0.05, 0.1) is 6.04 Å². The number of aliphatic imine (C=N–C) groups is 1. The molecular weight excluding hydrogens is 482 g/mol. The number of aliphatic carboxylic acids is 1. The predicted octanol–water partition coefficient (Wildman–Crippen LogP) is -1.08. The third-order valence-corrected chi connectivity index (χ3v) is 5.78. The number of aromatic hydroxyl groups is 1. The summed E-state index contributed by atoms with van der Waals surface area (Å²) in [5.41, 5.74) is 16.9. The zero-order valence-electron chi connectivity index (χ0n) is 21.4. The van der Waals surface area contributed by atoms with Crippen LogP contribution in [0.15, 0.2) is 29.3 Å². The Labute approximate surface area is 216 Å². The van der Waals surface area contributed by atoms with E-state index in [1.807, 2.05) is 0 Å². The molecule has 1 aromatic rings. The predicted molar refractivity (Wildman–Crippen MR) is 138 cm³/mol. The van der Waals surface area contributed by atoms with Crippen molar-refractivity contribution in [2.24, 2.45) is 28.1 Å². The second-order valence-electron chi connectivity index (χ2n) is 8.94. The number of carbonyl (C=O) groups excluding carboxylic acids is 3. The van der Waals surface area contributed by atoms with Gasteiger partial charge in [-0.1, -0.05) is 32.4 Å². The topological polar surface area (TPSA) is 235 Å². The van der Waals surface area contributed by atoms with Gasteiger partial charge in [-0.05, 0) is 43.4 Å². The summed E-state index contributed by atoms with van der Waals surface area (Å²) in [5.74, 6) is -3.57. The highest BCUT2D eigenvalue weighted by Crippen LogP contribution is 2.13. The number of carbonyl (C=O) groups is 4. The number of nitrogens with zero attached hydrogens (tertiary/aromatic N) is 1. The van der Waals surface area contributed by atoms with E-state index in [2.05, 4.69) is 20.9 Å². The number of carboxylic acid groups (broad SMARTS) is 1. The molecule has 1 aromatic carbocycles. The number of benzene rings is 1. The molecule has 0 bridgehead atoms. The fraction of sp³-hybridized carbons (Fsp3) is 0.542. The minimum Gasteiger partial charge on any atom is -0.508 e. The molecular formula is C24H39N7O6. The van der Waals surface area contributed by atoms with Gasteiger partial charge in [-0.2, -0.15) is 0 Å². The fourth-order valence-corrected chi connectivity index (χ4v) is 3.36. The summed E-state index contributed by atoms with van der Waals surface area (Å²) in [6.07, 6.45) is 1.01. The monoisotopic (exact) mass is 521 g/mol. The van der Waals surface area contributed by atoms with Crippen molar-refractivity contribution >= 4 is 29.7 Å². The van der Waals surface area contributed by atoms with Gasteiger partial charge >= 0.3 is 5.97 Å². The van der Waals surface area contributed by atoms with Gasteiger partial charge in [-0.25, -0.2) is 4.79 Å². The van der Waals surface area contributed by atoms with E-state index in [1.54, 1.807) is 26.0 Å². The summed E-state index contributed by atoms with van der Waals surface area (Å²) >= 11 is 0. The number of phenolic OH excluding ortho intramolecular Hbond substituents is 1. The van der Waals surface area contributed by atoms with E-state index in [0.29, 0.717) is 18.4 Å². The Bertz CT molecular complexity index is 947. The van der Waals surface area contributed by atoms with Gasteiger partial charge in [0.15, 0.2) is 5.96 Å². The van der Waals surface area contributed by atoms with Crippen LogP contribution in [0.1, 0.15) is 45.6 Å². The minimum absolute atomic E-state index is 0.00660. The molecule has 0 fully saturated rings. The molecule has 3 amide bonds. The Morgan fingerprint density at radius 3 is 2.03 bits per heavy atom. The molecule has 0 heterocycles. The number of rotatable bonds is 15. The van der Waals surface area contributed by atoms with Crippen LogP contribution in [0, 0.1) is 5.92 Å². The number of hydrogen-bond acceptors (Lipinski definition) is 7. The maximum absolute atomic E-state index is 13.2. The number of carboxylic acids is 1. The van der Waals surface area contributed by atoms with E-state index in [0.717, 1.165) is 0 Å². The zero-order chi connectivity index (χ0) is 28.1. The van der Waals surface area contributed by atoms with Crippen molar-refractivity contribution in [3.8, 4) is 5.75 Å². The highest BCUT2D eigenvalue weighted by Gasteiger charge is 2.31. The van der Waals surface area contributed by atoms with Crippen LogP contribution in [0.4, 0.5) is 0 Å². The first kappa shape index (κ1) is 31.2. The molecule has 13 nitrogen and oxygen atoms in total. The Hall–Kier alpha value is -3.87. The highest BCUT2D eigenvalue weighted by molar-refractivity contribution is 5.94. The van der Waals surface area contributed by atoms with E-state index >= 15 is 0 Å². The van der Waals surface area contributed by atoms with Gasteiger partial charge in [0.25, 0.3) is 0 Å². The molecule has 0 saturated carbocycles. The van der Waals surface area contributed by atoms with Gasteiger partial charge in [0.2, 0.25) is 17.7 Å². The Kier molecular flexibility index (Phi) is 12.9. The van der Waals surface area contributed by atoms with Crippen molar-refractivity contribution < 1.29 is 29.4 Å². The molecule has 37 heavy (non-hydrogen) atoms. The molecule has 206 valence electrons. The highest BCUT2D eigenvalue weighted by atomic mass is 16.4. The SMILES string of the molecule is CCC(C)C(NC(=O)C(Cc1ccc(O)cc1)NC(=O)C(CCCN=C(N)N)NC(=O)C(C)N)C(=O)O. The summed E-state index contributed by atoms with van der Waals surface area (Å²) in [6.45, 7) is 5.18. The lowest BCUT2D eigenvalue weighted by Crippen LogP contribution is -2.58. The molecule has 13 heteroatoms. The Morgan fingerprint density at radius 1 is 0.946 bits per heavy atom. The van der Waals surface area contributed by atoms with E-state index < -0.39 is 47.9 Å². The molecule has 5 unspecified atom stereocenters. The molecule has 0 aliphatic rings. The standard InChI is InChI=1S/C24H39N7O6/c1-4-13(2)19(23(36)37)31-22(35)18(12-15-7-9-16(32)10-8-15)30-21(34)17(29-20(33)14(3)25)6-5-11-28-24(26)27/h7-10,13-14,17-19,32H,4-6,11-12,25H2,1-3H3,(H,29,33)(H,30,34)(H,31,35)(H,36,37)(H4,26,27,28). The van der Waals surface area contributed by atoms with Crippen molar-refractivity contribution in [2.45, 2.75) is 70.6 Å². The molecule has 1 rings (SSSR count). The summed E-state index contributed by atoms with van der Waals surface area (Å²) in [5, 5.41) is 26.9. The largest absolute Gasteiger partial charge is 0.508 e. The van der Waals surface area contributed by atoms with Crippen molar-refractivity contribution in [3.05, 3.63) is 29.8 Å². The van der Waals surface area contributed by atoms with Crippen molar-refractivity contribution in [1.29, 1.82) is 0 Å². The van der Waals surface area contributed by atoms with Crippen LogP contribution in [0.3, 0.4) is 0 Å². The molecule has 0 saturated heterocycles. The summed E-state index contributed by atoms with van der Waals surface area (Å²) in [7, 11) is 0. The number of hydrogen-bond donors (Lipinski definition) is 8. The summed E-state index contributed by atoms with van der Waals surface area (Å²) in [4.78, 5) is 54.2. The first-order valence-electron chi connectivity index (χ1n) is 12.1. The first-order chi connectivity index (χ1) is 17.3. The number of amides is 3. The van der Waals surface area contributed by atoms with Gasteiger partial charge in [0, 0.05) is 13.0 Å². The number of nitrogens with one attached hydrogen (secondary N) is 3. The van der Waals surface area contributed by atoms with E-state index in [9.17, 15) is 29.4 Å². The van der Waals surface area contributed by atoms with E-state index in [4.69, 9.17) is 17.2 Å². The van der Waals surface area contributed by atoms with Crippen LogP contribution in [-0.2, 0) is 25.6 Å². The first-order valence-corrected chi connectivity index (χ1v) is 12.1. The number of phenols is 1. The molecule has 0 aliphatic carbocycles. The lowest BCUT2D eigenvalue weighted by Gasteiger charge is -2.26. The van der Waals surface area contributed by atoms with Crippen LogP contribution in [0.5, 0.6) is 5.75 Å². The van der Waals surface area contributed by atoms with Gasteiger partial charge in [-0.3, -0.25) is 19.4 Å². The van der Waals surface area contributed by atoms with Crippen LogP contribution in [0.2, 0.25) is 0 Å². The van der Waals surface area contributed by atoms with Gasteiger partial charge in [-0.15, -0.1) is 0 Å². The average Bonchev–Trinajstić information content (AvgIpc) is 2.83. The third kappa shape index (κ3) is 11.2. The number of nitrogens with two attached hydrogens (primary N) is 3. The molecule has 11 N–H and O–H groups in total. The molecule has 0 spiro atoms. The quantitative estimate of drug-likeness (QED) is 0.0794. The summed E-state index contributed by atoms with van der Waals surface area (Å²) < 4.78 is 0. The molecule has 0 aliphatic heterocycles.